The van der Waals surface area contributed by atoms with Crippen LogP contribution in [0.1, 0.15) is 11.3 Å². The highest BCUT2D eigenvalue weighted by molar-refractivity contribution is 5.81. The third kappa shape index (κ3) is 4.53. The van der Waals surface area contributed by atoms with E-state index in [1.807, 2.05) is 24.3 Å². The Morgan fingerprint density at radius 1 is 1.08 bits per heavy atom. The van der Waals surface area contributed by atoms with Crippen LogP contribution in [0.2, 0.25) is 0 Å². The summed E-state index contributed by atoms with van der Waals surface area (Å²) >= 11 is 0. The molecule has 1 aromatic heterocycles. The molecule has 0 radical (unpaired) electrons. The Balaban J connectivity index is 1.47. The molecule has 3 aromatic rings. The third-order valence-corrected chi connectivity index (χ3v) is 4.12. The van der Waals surface area contributed by atoms with E-state index in [2.05, 4.69) is 50.9 Å². The first-order valence-electron chi connectivity index (χ1n) is 8.42. The van der Waals surface area contributed by atoms with E-state index in [1.165, 1.54) is 10.9 Å². The number of ether oxygens (including phenoxy) is 1. The van der Waals surface area contributed by atoms with Gasteiger partial charge in [0, 0.05) is 24.8 Å². The minimum atomic E-state index is 0.705. The van der Waals surface area contributed by atoms with Gasteiger partial charge in [0.15, 0.2) is 5.96 Å². The molecule has 0 aliphatic rings. The topological polar surface area (TPSA) is 61.4 Å². The van der Waals surface area contributed by atoms with Crippen molar-refractivity contribution < 1.29 is 4.74 Å². The molecule has 0 bridgehead atoms. The summed E-state index contributed by atoms with van der Waals surface area (Å²) in [7, 11) is 3.47. The molecule has 5 nitrogen and oxygen atoms in total. The molecule has 0 spiro atoms. The number of guanidine groups is 1. The number of aromatic nitrogens is 1. The standard InChI is InChI=1S/C20H24N4O/c1-21-20(22-12-11-15-7-9-18(25-2)10-8-15)23-14-17-13-16-5-3-4-6-19(16)24-17/h3-10,13,24H,11-12,14H2,1-2H3,(H2,21,22,23). The number of rotatable bonds is 6. The SMILES string of the molecule is CN=C(NCCc1ccc(OC)cc1)NCc1cc2ccccc2[nH]1. The molecule has 2 aromatic carbocycles. The van der Waals surface area contributed by atoms with Gasteiger partial charge in [-0.3, -0.25) is 4.99 Å². The van der Waals surface area contributed by atoms with E-state index < -0.39 is 0 Å². The van der Waals surface area contributed by atoms with Crippen LogP contribution in [0.15, 0.2) is 59.6 Å². The molecular weight excluding hydrogens is 312 g/mol. The van der Waals surface area contributed by atoms with Crippen molar-refractivity contribution in [3.05, 3.63) is 65.9 Å². The molecule has 3 N–H and O–H groups in total. The van der Waals surface area contributed by atoms with Crippen LogP contribution in [0, 0.1) is 0 Å². The number of hydrogen-bond donors (Lipinski definition) is 3. The van der Waals surface area contributed by atoms with Crippen molar-refractivity contribution in [3.8, 4) is 5.75 Å². The summed E-state index contributed by atoms with van der Waals surface area (Å²) in [5.74, 6) is 1.68. The largest absolute Gasteiger partial charge is 0.497 e. The Morgan fingerprint density at radius 2 is 1.88 bits per heavy atom. The lowest BCUT2D eigenvalue weighted by Gasteiger charge is -2.11. The fourth-order valence-electron chi connectivity index (χ4n) is 2.75. The van der Waals surface area contributed by atoms with Gasteiger partial charge < -0.3 is 20.4 Å². The van der Waals surface area contributed by atoms with Crippen molar-refractivity contribution in [2.45, 2.75) is 13.0 Å². The lowest BCUT2D eigenvalue weighted by atomic mass is 10.1. The number of hydrogen-bond acceptors (Lipinski definition) is 2. The molecular formula is C20H24N4O. The van der Waals surface area contributed by atoms with E-state index in [0.717, 1.165) is 35.9 Å². The minimum absolute atomic E-state index is 0.705. The molecule has 0 aliphatic heterocycles. The summed E-state index contributed by atoms with van der Waals surface area (Å²) < 4.78 is 5.18. The predicted octanol–water partition coefficient (Wildman–Crippen LogP) is 3.08. The van der Waals surface area contributed by atoms with Crippen molar-refractivity contribution in [2.24, 2.45) is 4.99 Å². The van der Waals surface area contributed by atoms with Crippen molar-refractivity contribution in [1.29, 1.82) is 0 Å². The fourth-order valence-corrected chi connectivity index (χ4v) is 2.75. The number of fused-ring (bicyclic) bond motifs is 1. The first-order valence-corrected chi connectivity index (χ1v) is 8.42. The van der Waals surface area contributed by atoms with Gasteiger partial charge in [-0.25, -0.2) is 0 Å². The van der Waals surface area contributed by atoms with E-state index in [4.69, 9.17) is 4.74 Å². The highest BCUT2D eigenvalue weighted by Crippen LogP contribution is 2.14. The normalized spacial score (nSPS) is 11.5. The van der Waals surface area contributed by atoms with Crippen LogP contribution in [0.25, 0.3) is 10.9 Å². The second-order valence-electron chi connectivity index (χ2n) is 5.83. The first-order chi connectivity index (χ1) is 12.3. The molecule has 5 heteroatoms. The van der Waals surface area contributed by atoms with Gasteiger partial charge in [0.05, 0.1) is 13.7 Å². The summed E-state index contributed by atoms with van der Waals surface area (Å²) in [5.41, 5.74) is 3.56. The Hall–Kier alpha value is -2.95. The van der Waals surface area contributed by atoms with Gasteiger partial charge >= 0.3 is 0 Å². The van der Waals surface area contributed by atoms with E-state index in [-0.39, 0.29) is 0 Å². The zero-order valence-corrected chi connectivity index (χ0v) is 14.7. The summed E-state index contributed by atoms with van der Waals surface area (Å²) in [6.07, 6.45) is 0.928. The number of benzene rings is 2. The van der Waals surface area contributed by atoms with Gasteiger partial charge in [0.2, 0.25) is 0 Å². The number of H-pyrrole nitrogens is 1. The maximum atomic E-state index is 5.18. The van der Waals surface area contributed by atoms with Crippen molar-refractivity contribution in [2.75, 3.05) is 20.7 Å². The van der Waals surface area contributed by atoms with E-state index >= 15 is 0 Å². The molecule has 0 saturated heterocycles. The maximum absolute atomic E-state index is 5.18. The molecule has 0 fully saturated rings. The number of aromatic amines is 1. The molecule has 3 rings (SSSR count). The Morgan fingerprint density at radius 3 is 2.60 bits per heavy atom. The number of nitrogens with zero attached hydrogens (tertiary/aromatic N) is 1. The lowest BCUT2D eigenvalue weighted by Crippen LogP contribution is -2.37. The first kappa shape index (κ1) is 16.9. The predicted molar refractivity (Wildman–Crippen MR) is 103 cm³/mol. The Bertz CT molecular complexity index is 803. The molecule has 0 unspecified atom stereocenters. The molecule has 25 heavy (non-hydrogen) atoms. The van der Waals surface area contributed by atoms with Crippen LogP contribution < -0.4 is 15.4 Å². The lowest BCUT2D eigenvalue weighted by molar-refractivity contribution is 0.414. The van der Waals surface area contributed by atoms with Crippen molar-refractivity contribution in [3.63, 3.8) is 0 Å². The number of aliphatic imine (C=N–C) groups is 1. The number of methoxy groups -OCH3 is 1. The van der Waals surface area contributed by atoms with E-state index in [9.17, 15) is 0 Å². The Labute approximate surface area is 148 Å². The maximum Gasteiger partial charge on any atom is 0.191 e. The van der Waals surface area contributed by atoms with Crippen LogP contribution in [0.4, 0.5) is 0 Å². The quantitative estimate of drug-likeness (QED) is 0.479. The van der Waals surface area contributed by atoms with Crippen LogP contribution in [-0.4, -0.2) is 31.6 Å². The van der Waals surface area contributed by atoms with Gasteiger partial charge in [-0.1, -0.05) is 30.3 Å². The second-order valence-corrected chi connectivity index (χ2v) is 5.83. The van der Waals surface area contributed by atoms with Gasteiger partial charge in [-0.2, -0.15) is 0 Å². The van der Waals surface area contributed by atoms with Gasteiger partial charge in [-0.15, -0.1) is 0 Å². The molecule has 1 heterocycles. The van der Waals surface area contributed by atoms with Crippen molar-refractivity contribution >= 4 is 16.9 Å². The highest BCUT2D eigenvalue weighted by Gasteiger charge is 2.02. The average Bonchev–Trinajstić information content (AvgIpc) is 3.08. The van der Waals surface area contributed by atoms with Crippen LogP contribution in [0.5, 0.6) is 5.75 Å². The summed E-state index contributed by atoms with van der Waals surface area (Å²) in [6, 6.07) is 18.6. The van der Waals surface area contributed by atoms with E-state index in [1.54, 1.807) is 14.2 Å². The molecule has 0 aliphatic carbocycles. The van der Waals surface area contributed by atoms with Gasteiger partial charge in [0.25, 0.3) is 0 Å². The zero-order valence-electron chi connectivity index (χ0n) is 14.7. The molecule has 0 atom stereocenters. The zero-order chi connectivity index (χ0) is 17.5. The van der Waals surface area contributed by atoms with Gasteiger partial charge in [0.1, 0.15) is 5.75 Å². The van der Waals surface area contributed by atoms with Crippen molar-refractivity contribution in [1.82, 2.24) is 15.6 Å². The van der Waals surface area contributed by atoms with Crippen LogP contribution in [0.3, 0.4) is 0 Å². The summed E-state index contributed by atoms with van der Waals surface area (Å²) in [6.45, 7) is 1.52. The Kier molecular flexibility index (Phi) is 5.57. The summed E-state index contributed by atoms with van der Waals surface area (Å²) in [5, 5.41) is 7.91. The van der Waals surface area contributed by atoms with Crippen LogP contribution >= 0.6 is 0 Å². The third-order valence-electron chi connectivity index (χ3n) is 4.12. The monoisotopic (exact) mass is 336 g/mol. The molecule has 0 saturated carbocycles. The summed E-state index contributed by atoms with van der Waals surface area (Å²) in [4.78, 5) is 7.69. The highest BCUT2D eigenvalue weighted by atomic mass is 16.5. The smallest absolute Gasteiger partial charge is 0.191 e. The molecule has 130 valence electrons. The second kappa shape index (κ2) is 8.24. The molecule has 0 amide bonds. The van der Waals surface area contributed by atoms with Gasteiger partial charge in [-0.05, 0) is 41.6 Å². The fraction of sp³-hybridized carbons (Fsp3) is 0.250. The minimum Gasteiger partial charge on any atom is -0.497 e. The van der Waals surface area contributed by atoms with Crippen LogP contribution in [-0.2, 0) is 13.0 Å². The number of nitrogens with one attached hydrogen (secondary N) is 3. The van der Waals surface area contributed by atoms with E-state index in [0.29, 0.717) is 6.54 Å². The number of para-hydroxylation sites is 1. The average molecular weight is 336 g/mol.